The predicted molar refractivity (Wildman–Crippen MR) is 109 cm³/mol. The molecule has 1 N–H and O–H groups in total. The zero-order valence-electron chi connectivity index (χ0n) is 16.3. The molecule has 7 heteroatoms. The number of anilines is 2. The van der Waals surface area contributed by atoms with E-state index in [1.807, 2.05) is 0 Å². The average molecular weight is 397 g/mol. The van der Waals surface area contributed by atoms with E-state index in [-0.39, 0.29) is 30.1 Å². The van der Waals surface area contributed by atoms with Crippen molar-refractivity contribution in [2.75, 3.05) is 30.4 Å². The van der Waals surface area contributed by atoms with E-state index in [9.17, 15) is 14.0 Å². The van der Waals surface area contributed by atoms with Gasteiger partial charge in [-0.05, 0) is 61.4 Å². The molecule has 4 rings (SSSR count). The fourth-order valence-electron chi connectivity index (χ4n) is 4.04. The van der Waals surface area contributed by atoms with Crippen LogP contribution in [0.2, 0.25) is 0 Å². The molecule has 2 amide bonds. The fraction of sp³-hybridized carbons (Fsp3) is 0.364. The van der Waals surface area contributed by atoms with E-state index < -0.39 is 6.04 Å². The van der Waals surface area contributed by atoms with Crippen molar-refractivity contribution >= 4 is 23.2 Å². The van der Waals surface area contributed by atoms with Crippen molar-refractivity contribution in [3.8, 4) is 5.75 Å². The van der Waals surface area contributed by atoms with Crippen LogP contribution in [0.15, 0.2) is 48.5 Å². The summed E-state index contributed by atoms with van der Waals surface area (Å²) in [6.07, 6.45) is 1.93. The summed E-state index contributed by atoms with van der Waals surface area (Å²) in [7, 11) is 1.58. The Morgan fingerprint density at radius 3 is 2.28 bits per heavy atom. The van der Waals surface area contributed by atoms with Crippen molar-refractivity contribution in [1.82, 2.24) is 4.90 Å². The second kappa shape index (κ2) is 8.21. The molecule has 6 nitrogen and oxygen atoms in total. The van der Waals surface area contributed by atoms with Gasteiger partial charge in [0.05, 0.1) is 25.3 Å². The fourth-order valence-corrected chi connectivity index (χ4v) is 4.04. The molecule has 0 bridgehead atoms. The molecule has 2 aliphatic heterocycles. The summed E-state index contributed by atoms with van der Waals surface area (Å²) in [5.41, 5.74) is 1.47. The number of amides is 2. The molecule has 0 aromatic heterocycles. The van der Waals surface area contributed by atoms with Crippen LogP contribution in [0.25, 0.3) is 0 Å². The van der Waals surface area contributed by atoms with E-state index in [1.165, 1.54) is 17.0 Å². The van der Waals surface area contributed by atoms with Crippen molar-refractivity contribution in [1.29, 1.82) is 0 Å². The number of hydrogen-bond acceptors (Lipinski definition) is 5. The van der Waals surface area contributed by atoms with Gasteiger partial charge in [0.2, 0.25) is 5.91 Å². The van der Waals surface area contributed by atoms with Gasteiger partial charge >= 0.3 is 0 Å². The van der Waals surface area contributed by atoms with Gasteiger partial charge in [0.1, 0.15) is 11.6 Å². The second-order valence-electron chi connectivity index (χ2n) is 7.45. The van der Waals surface area contributed by atoms with Gasteiger partial charge in [0.15, 0.2) is 0 Å². The number of methoxy groups -OCH3 is 1. The largest absolute Gasteiger partial charge is 0.497 e. The lowest BCUT2D eigenvalue weighted by molar-refractivity contribution is -0.123. The third-order valence-electron chi connectivity index (χ3n) is 5.64. The summed E-state index contributed by atoms with van der Waals surface area (Å²) in [4.78, 5) is 28.9. The number of piperidine rings is 1. The van der Waals surface area contributed by atoms with Crippen LogP contribution in [0.5, 0.6) is 5.75 Å². The Kier molecular flexibility index (Phi) is 5.49. The summed E-state index contributed by atoms with van der Waals surface area (Å²) < 4.78 is 18.2. The van der Waals surface area contributed by atoms with E-state index in [0.29, 0.717) is 11.4 Å². The molecule has 2 saturated heterocycles. The molecule has 2 aromatic rings. The van der Waals surface area contributed by atoms with Gasteiger partial charge in [0.25, 0.3) is 5.91 Å². The molecule has 0 spiro atoms. The number of nitrogens with one attached hydrogen (secondary N) is 1. The molecule has 0 aliphatic carbocycles. The molecule has 1 atom stereocenters. The molecule has 2 heterocycles. The molecule has 2 fully saturated rings. The minimum atomic E-state index is -0.406. The zero-order chi connectivity index (χ0) is 20.4. The van der Waals surface area contributed by atoms with Gasteiger partial charge in [-0.3, -0.25) is 14.5 Å². The summed E-state index contributed by atoms with van der Waals surface area (Å²) in [6.45, 7) is 1.47. The number of imide groups is 1. The average Bonchev–Trinajstić information content (AvgIpc) is 3.04. The highest BCUT2D eigenvalue weighted by Gasteiger charge is 2.43. The maximum absolute atomic E-state index is 13.0. The maximum atomic E-state index is 13.0. The lowest BCUT2D eigenvalue weighted by Crippen LogP contribution is -2.48. The Morgan fingerprint density at radius 2 is 1.66 bits per heavy atom. The quantitative estimate of drug-likeness (QED) is 0.786. The number of hydrogen-bond donors (Lipinski definition) is 1. The van der Waals surface area contributed by atoms with E-state index in [1.54, 1.807) is 43.5 Å². The number of halogens is 1. The Labute approximate surface area is 169 Å². The van der Waals surface area contributed by atoms with Crippen LogP contribution in [-0.4, -0.2) is 49.0 Å². The maximum Gasteiger partial charge on any atom is 0.251 e. The lowest BCUT2D eigenvalue weighted by atomic mass is 10.0. The van der Waals surface area contributed by atoms with Crippen LogP contribution < -0.4 is 15.0 Å². The third-order valence-corrected chi connectivity index (χ3v) is 5.64. The van der Waals surface area contributed by atoms with Gasteiger partial charge in [-0.15, -0.1) is 0 Å². The first kappa shape index (κ1) is 19.4. The first-order valence-corrected chi connectivity index (χ1v) is 9.82. The van der Waals surface area contributed by atoms with Crippen molar-refractivity contribution in [3.63, 3.8) is 0 Å². The Bertz CT molecular complexity index is 877. The monoisotopic (exact) mass is 397 g/mol. The zero-order valence-corrected chi connectivity index (χ0v) is 16.3. The van der Waals surface area contributed by atoms with Gasteiger partial charge < -0.3 is 10.1 Å². The van der Waals surface area contributed by atoms with Crippen LogP contribution in [-0.2, 0) is 9.59 Å². The summed E-state index contributed by atoms with van der Waals surface area (Å²) >= 11 is 0. The van der Waals surface area contributed by atoms with Crippen molar-refractivity contribution in [2.24, 2.45) is 0 Å². The van der Waals surface area contributed by atoms with Crippen LogP contribution in [0, 0.1) is 5.82 Å². The highest BCUT2D eigenvalue weighted by atomic mass is 19.1. The lowest BCUT2D eigenvalue weighted by Gasteiger charge is -2.35. The minimum absolute atomic E-state index is 0.162. The highest BCUT2D eigenvalue weighted by molar-refractivity contribution is 6.22. The van der Waals surface area contributed by atoms with E-state index in [4.69, 9.17) is 4.74 Å². The topological polar surface area (TPSA) is 61.9 Å². The molecule has 0 unspecified atom stereocenters. The van der Waals surface area contributed by atoms with Crippen LogP contribution in [0.3, 0.4) is 0 Å². The molecule has 2 aliphatic rings. The summed E-state index contributed by atoms with van der Waals surface area (Å²) in [5.74, 6) is 0.0955. The van der Waals surface area contributed by atoms with E-state index in [2.05, 4.69) is 10.2 Å². The number of benzene rings is 2. The van der Waals surface area contributed by atoms with E-state index >= 15 is 0 Å². The molecule has 152 valence electrons. The summed E-state index contributed by atoms with van der Waals surface area (Å²) in [5, 5.41) is 3.42. The Morgan fingerprint density at radius 1 is 1.00 bits per heavy atom. The number of nitrogens with zero attached hydrogens (tertiary/aromatic N) is 2. The molecule has 0 radical (unpaired) electrons. The van der Waals surface area contributed by atoms with Gasteiger partial charge in [-0.2, -0.15) is 0 Å². The van der Waals surface area contributed by atoms with Gasteiger partial charge in [-0.25, -0.2) is 9.29 Å². The number of carbonyl (C=O) groups excluding carboxylic acids is 2. The SMILES string of the molecule is COc1ccc(N2C(=O)C[C@H](N3CCC(Nc4ccc(F)cc4)CC3)C2=O)cc1. The minimum Gasteiger partial charge on any atom is -0.497 e. The van der Waals surface area contributed by atoms with Crippen molar-refractivity contribution in [3.05, 3.63) is 54.3 Å². The van der Waals surface area contributed by atoms with Crippen LogP contribution in [0.1, 0.15) is 19.3 Å². The Hall–Kier alpha value is -2.93. The normalized spacial score (nSPS) is 20.9. The summed E-state index contributed by atoms with van der Waals surface area (Å²) in [6, 6.07) is 13.2. The third kappa shape index (κ3) is 4.10. The smallest absolute Gasteiger partial charge is 0.251 e. The molecule has 0 saturated carbocycles. The molecule has 29 heavy (non-hydrogen) atoms. The van der Waals surface area contributed by atoms with Crippen molar-refractivity contribution < 1.29 is 18.7 Å². The number of ether oxygens (including phenoxy) is 1. The number of likely N-dealkylation sites (tertiary alicyclic amines) is 1. The number of rotatable bonds is 5. The van der Waals surface area contributed by atoms with Crippen molar-refractivity contribution in [2.45, 2.75) is 31.3 Å². The van der Waals surface area contributed by atoms with Gasteiger partial charge in [-0.1, -0.05) is 0 Å². The Balaban J connectivity index is 1.36. The van der Waals surface area contributed by atoms with Crippen LogP contribution >= 0.6 is 0 Å². The first-order chi connectivity index (χ1) is 14.0. The first-order valence-electron chi connectivity index (χ1n) is 9.82. The second-order valence-corrected chi connectivity index (χ2v) is 7.45. The van der Waals surface area contributed by atoms with Crippen LogP contribution in [0.4, 0.5) is 15.8 Å². The predicted octanol–water partition coefficient (Wildman–Crippen LogP) is 3.04. The molecular weight excluding hydrogens is 373 g/mol. The van der Waals surface area contributed by atoms with E-state index in [0.717, 1.165) is 31.6 Å². The molecular formula is C22H24FN3O3. The van der Waals surface area contributed by atoms with Gasteiger partial charge in [0, 0.05) is 24.8 Å². The molecule has 2 aromatic carbocycles. The highest BCUT2D eigenvalue weighted by Crippen LogP contribution is 2.29. The standard InChI is InChI=1S/C22H24FN3O3/c1-29-19-8-6-18(7-9-19)26-21(27)14-20(22(26)28)25-12-10-17(11-13-25)24-16-4-2-15(23)3-5-16/h2-9,17,20,24H,10-14H2,1H3/t20-/m0/s1. The number of carbonyl (C=O) groups is 2.